The van der Waals surface area contributed by atoms with Crippen LogP contribution < -0.4 is 10.5 Å². The summed E-state index contributed by atoms with van der Waals surface area (Å²) in [5.74, 6) is -0.266. The SMILES string of the molecule is CS(=O)(=O)Nc1ccc(Cl)cc1C(=O)N1C[C@@H](N)[C@H](c2ccccc2)C1.Cl. The average molecular weight is 430 g/mol. The van der Waals surface area contributed by atoms with E-state index in [1.54, 1.807) is 4.90 Å². The Morgan fingerprint density at radius 2 is 1.85 bits per heavy atom. The van der Waals surface area contributed by atoms with Crippen molar-refractivity contribution in [2.45, 2.75) is 12.0 Å². The number of nitrogens with two attached hydrogens (primary N) is 1. The van der Waals surface area contributed by atoms with Crippen LogP contribution in [0.4, 0.5) is 5.69 Å². The zero-order valence-electron chi connectivity index (χ0n) is 14.6. The molecule has 6 nitrogen and oxygen atoms in total. The lowest BCUT2D eigenvalue weighted by Gasteiger charge is -2.19. The van der Waals surface area contributed by atoms with E-state index in [9.17, 15) is 13.2 Å². The number of benzene rings is 2. The lowest BCUT2D eigenvalue weighted by molar-refractivity contribution is 0.0790. The van der Waals surface area contributed by atoms with E-state index in [4.69, 9.17) is 17.3 Å². The molecule has 0 aliphatic carbocycles. The third kappa shape index (κ3) is 5.13. The average Bonchev–Trinajstić information content (AvgIpc) is 2.97. The molecule has 146 valence electrons. The molecule has 1 amide bonds. The molecule has 1 aliphatic heterocycles. The van der Waals surface area contributed by atoms with Gasteiger partial charge in [-0.1, -0.05) is 41.9 Å². The summed E-state index contributed by atoms with van der Waals surface area (Å²) in [6.45, 7) is 0.859. The van der Waals surface area contributed by atoms with Crippen molar-refractivity contribution in [2.24, 2.45) is 5.73 Å². The fourth-order valence-corrected chi connectivity index (χ4v) is 3.95. The molecular formula is C18H21Cl2N3O3S. The molecule has 9 heteroatoms. The van der Waals surface area contributed by atoms with E-state index in [1.165, 1.54) is 18.2 Å². The molecule has 1 heterocycles. The zero-order chi connectivity index (χ0) is 18.9. The van der Waals surface area contributed by atoms with Crippen molar-refractivity contribution >= 4 is 45.6 Å². The van der Waals surface area contributed by atoms with Gasteiger partial charge in [-0.3, -0.25) is 9.52 Å². The Hall–Kier alpha value is -1.80. The molecule has 0 saturated carbocycles. The summed E-state index contributed by atoms with van der Waals surface area (Å²) in [6.07, 6.45) is 1.03. The molecule has 2 aromatic carbocycles. The second kappa shape index (κ2) is 8.48. The van der Waals surface area contributed by atoms with Gasteiger partial charge < -0.3 is 10.6 Å². The van der Waals surface area contributed by atoms with Crippen molar-refractivity contribution in [3.8, 4) is 0 Å². The molecule has 27 heavy (non-hydrogen) atoms. The van der Waals surface area contributed by atoms with Crippen LogP contribution in [0.2, 0.25) is 5.02 Å². The summed E-state index contributed by atoms with van der Waals surface area (Å²) in [6, 6.07) is 14.1. The third-order valence-corrected chi connectivity index (χ3v) is 5.21. The molecule has 2 atom stereocenters. The lowest BCUT2D eigenvalue weighted by atomic mass is 9.95. The van der Waals surface area contributed by atoms with Gasteiger partial charge in [0.05, 0.1) is 17.5 Å². The van der Waals surface area contributed by atoms with E-state index in [0.717, 1.165) is 11.8 Å². The summed E-state index contributed by atoms with van der Waals surface area (Å²) >= 11 is 6.02. The van der Waals surface area contributed by atoms with Gasteiger partial charge in [-0.05, 0) is 23.8 Å². The maximum absolute atomic E-state index is 13.0. The van der Waals surface area contributed by atoms with E-state index in [2.05, 4.69) is 4.72 Å². The number of nitrogens with one attached hydrogen (secondary N) is 1. The molecule has 1 saturated heterocycles. The van der Waals surface area contributed by atoms with Crippen LogP contribution in [0.15, 0.2) is 48.5 Å². The van der Waals surface area contributed by atoms with E-state index in [0.29, 0.717) is 18.1 Å². The molecule has 3 N–H and O–H groups in total. The van der Waals surface area contributed by atoms with Crippen molar-refractivity contribution in [3.05, 3.63) is 64.7 Å². The highest BCUT2D eigenvalue weighted by Crippen LogP contribution is 2.30. The molecular weight excluding hydrogens is 409 g/mol. The number of hydrogen-bond acceptors (Lipinski definition) is 4. The minimum Gasteiger partial charge on any atom is -0.336 e. The van der Waals surface area contributed by atoms with Crippen LogP contribution in [0.1, 0.15) is 21.8 Å². The van der Waals surface area contributed by atoms with Gasteiger partial charge in [0.15, 0.2) is 0 Å². The summed E-state index contributed by atoms with van der Waals surface area (Å²) < 4.78 is 25.5. The number of likely N-dealkylation sites (tertiary alicyclic amines) is 1. The number of amides is 1. The monoisotopic (exact) mass is 429 g/mol. The quantitative estimate of drug-likeness (QED) is 0.780. The van der Waals surface area contributed by atoms with Gasteiger partial charge >= 0.3 is 0 Å². The molecule has 0 bridgehead atoms. The van der Waals surface area contributed by atoms with Crippen LogP contribution >= 0.6 is 24.0 Å². The number of rotatable bonds is 4. The van der Waals surface area contributed by atoms with E-state index < -0.39 is 10.0 Å². The first-order chi connectivity index (χ1) is 12.2. The van der Waals surface area contributed by atoms with Crippen LogP contribution in [0.25, 0.3) is 0 Å². The number of hydrogen-bond donors (Lipinski definition) is 2. The summed E-state index contributed by atoms with van der Waals surface area (Å²) in [7, 11) is -3.52. The minimum absolute atomic E-state index is 0. The maximum Gasteiger partial charge on any atom is 0.256 e. The van der Waals surface area contributed by atoms with E-state index in [-0.39, 0.29) is 41.5 Å². The zero-order valence-corrected chi connectivity index (χ0v) is 17.0. The summed E-state index contributed by atoms with van der Waals surface area (Å²) in [5, 5.41) is 0.357. The Morgan fingerprint density at radius 3 is 2.48 bits per heavy atom. The molecule has 2 aromatic rings. The third-order valence-electron chi connectivity index (χ3n) is 4.39. The Labute approximate surface area is 170 Å². The second-order valence-corrected chi connectivity index (χ2v) is 8.64. The largest absolute Gasteiger partial charge is 0.336 e. The van der Waals surface area contributed by atoms with Crippen LogP contribution in [-0.2, 0) is 10.0 Å². The first kappa shape index (κ1) is 21.5. The summed E-state index contributed by atoms with van der Waals surface area (Å²) in [4.78, 5) is 14.6. The van der Waals surface area contributed by atoms with E-state index in [1.807, 2.05) is 30.3 Å². The molecule has 0 spiro atoms. The maximum atomic E-state index is 13.0. The van der Waals surface area contributed by atoms with Crippen molar-refractivity contribution < 1.29 is 13.2 Å². The van der Waals surface area contributed by atoms with Gasteiger partial charge in [0.25, 0.3) is 5.91 Å². The Morgan fingerprint density at radius 1 is 1.19 bits per heavy atom. The Balaban J connectivity index is 0.00000261. The van der Waals surface area contributed by atoms with Crippen molar-refractivity contribution in [1.29, 1.82) is 0 Å². The number of halogens is 2. The molecule has 1 fully saturated rings. The van der Waals surface area contributed by atoms with Gasteiger partial charge in [-0.15, -0.1) is 12.4 Å². The fraction of sp³-hybridized carbons (Fsp3) is 0.278. The lowest BCUT2D eigenvalue weighted by Crippen LogP contribution is -2.32. The Bertz CT molecular complexity index is 923. The van der Waals surface area contributed by atoms with Crippen LogP contribution in [0, 0.1) is 0 Å². The van der Waals surface area contributed by atoms with Crippen LogP contribution in [-0.4, -0.2) is 44.6 Å². The van der Waals surface area contributed by atoms with Gasteiger partial charge in [0, 0.05) is 30.1 Å². The molecule has 0 radical (unpaired) electrons. The fourth-order valence-electron chi connectivity index (χ4n) is 3.20. The first-order valence-corrected chi connectivity index (χ1v) is 10.4. The number of nitrogens with zero attached hydrogens (tertiary/aromatic N) is 1. The summed E-state index contributed by atoms with van der Waals surface area (Å²) in [5.41, 5.74) is 7.75. The highest BCUT2D eigenvalue weighted by molar-refractivity contribution is 7.92. The highest BCUT2D eigenvalue weighted by atomic mass is 35.5. The molecule has 1 aliphatic rings. The Kier molecular flexibility index (Phi) is 6.75. The number of anilines is 1. The smallest absolute Gasteiger partial charge is 0.256 e. The predicted octanol–water partition coefficient (Wildman–Crippen LogP) is 2.70. The van der Waals surface area contributed by atoms with Crippen LogP contribution in [0.3, 0.4) is 0 Å². The van der Waals surface area contributed by atoms with E-state index >= 15 is 0 Å². The van der Waals surface area contributed by atoms with Gasteiger partial charge in [-0.25, -0.2) is 8.42 Å². The normalized spacial score (nSPS) is 19.4. The molecule has 3 rings (SSSR count). The minimum atomic E-state index is -3.52. The predicted molar refractivity (Wildman–Crippen MR) is 110 cm³/mol. The highest BCUT2D eigenvalue weighted by Gasteiger charge is 2.35. The number of carbonyl (C=O) groups is 1. The van der Waals surface area contributed by atoms with Gasteiger partial charge in [0.1, 0.15) is 0 Å². The van der Waals surface area contributed by atoms with Crippen molar-refractivity contribution in [1.82, 2.24) is 4.90 Å². The van der Waals surface area contributed by atoms with Crippen molar-refractivity contribution in [3.63, 3.8) is 0 Å². The standard InChI is InChI=1S/C18H20ClN3O3S.ClH/c1-26(24,25)21-17-8-7-13(19)9-14(17)18(23)22-10-15(16(20)11-22)12-5-3-2-4-6-12;/h2-9,15-16,21H,10-11,20H2,1H3;1H/t15-,16+;/m0./s1. The number of sulfonamides is 1. The molecule has 0 unspecified atom stereocenters. The second-order valence-electron chi connectivity index (χ2n) is 6.46. The first-order valence-electron chi connectivity index (χ1n) is 8.12. The van der Waals surface area contributed by atoms with Crippen molar-refractivity contribution in [2.75, 3.05) is 24.1 Å². The van der Waals surface area contributed by atoms with Crippen LogP contribution in [0.5, 0.6) is 0 Å². The topological polar surface area (TPSA) is 92.5 Å². The van der Waals surface area contributed by atoms with Gasteiger partial charge in [-0.2, -0.15) is 0 Å². The van der Waals surface area contributed by atoms with Gasteiger partial charge in [0.2, 0.25) is 10.0 Å². The number of carbonyl (C=O) groups excluding carboxylic acids is 1. The molecule has 0 aromatic heterocycles.